The number of amides is 1. The Labute approximate surface area is 102 Å². The lowest BCUT2D eigenvalue weighted by Crippen LogP contribution is -2.31. The van der Waals surface area contributed by atoms with Gasteiger partial charge in [-0.25, -0.2) is 0 Å². The van der Waals surface area contributed by atoms with Gasteiger partial charge in [0.1, 0.15) is 0 Å². The summed E-state index contributed by atoms with van der Waals surface area (Å²) in [6.07, 6.45) is 1.96. The Morgan fingerprint density at radius 3 is 2.65 bits per heavy atom. The summed E-state index contributed by atoms with van der Waals surface area (Å²) in [4.78, 5) is 14.0. The molecule has 2 N–H and O–H groups in total. The van der Waals surface area contributed by atoms with Crippen molar-refractivity contribution in [2.24, 2.45) is 11.7 Å². The standard InChI is InChI=1S/C14H18N2O/c15-13-8-12(13)14(17)16-7-6-11(9-16)10-4-2-1-3-5-10/h1-5,11-13H,6-9,15H2. The van der Waals surface area contributed by atoms with Gasteiger partial charge in [-0.1, -0.05) is 30.3 Å². The highest BCUT2D eigenvalue weighted by Gasteiger charge is 2.43. The second-order valence-electron chi connectivity index (χ2n) is 5.19. The van der Waals surface area contributed by atoms with Gasteiger partial charge < -0.3 is 10.6 Å². The van der Waals surface area contributed by atoms with Crippen molar-refractivity contribution in [1.29, 1.82) is 0 Å². The number of rotatable bonds is 2. The topological polar surface area (TPSA) is 46.3 Å². The van der Waals surface area contributed by atoms with Crippen molar-refractivity contribution >= 4 is 5.91 Å². The lowest BCUT2D eigenvalue weighted by Gasteiger charge is -2.16. The van der Waals surface area contributed by atoms with Crippen molar-refractivity contribution in [3.8, 4) is 0 Å². The van der Waals surface area contributed by atoms with E-state index in [1.165, 1.54) is 5.56 Å². The molecule has 1 aromatic rings. The van der Waals surface area contributed by atoms with Gasteiger partial charge in [-0.3, -0.25) is 4.79 Å². The number of likely N-dealkylation sites (tertiary alicyclic amines) is 1. The van der Waals surface area contributed by atoms with E-state index in [-0.39, 0.29) is 17.9 Å². The average Bonchev–Trinajstić information content (AvgIpc) is 2.92. The Balaban J connectivity index is 1.64. The molecule has 1 heterocycles. The van der Waals surface area contributed by atoms with Crippen LogP contribution in [0.2, 0.25) is 0 Å². The third-order valence-corrected chi connectivity index (χ3v) is 3.93. The molecule has 3 unspecified atom stereocenters. The van der Waals surface area contributed by atoms with Gasteiger partial charge in [0.15, 0.2) is 0 Å². The van der Waals surface area contributed by atoms with Gasteiger partial charge in [0, 0.05) is 25.0 Å². The normalized spacial score (nSPS) is 31.6. The van der Waals surface area contributed by atoms with Crippen LogP contribution in [0, 0.1) is 5.92 Å². The second kappa shape index (κ2) is 4.15. The van der Waals surface area contributed by atoms with Gasteiger partial charge in [-0.15, -0.1) is 0 Å². The summed E-state index contributed by atoms with van der Waals surface area (Å²) >= 11 is 0. The van der Waals surface area contributed by atoms with Gasteiger partial charge in [0.2, 0.25) is 5.91 Å². The number of hydrogen-bond acceptors (Lipinski definition) is 2. The highest BCUT2D eigenvalue weighted by molar-refractivity contribution is 5.82. The van der Waals surface area contributed by atoms with Crippen LogP contribution in [-0.4, -0.2) is 29.9 Å². The fourth-order valence-electron chi connectivity index (χ4n) is 2.69. The van der Waals surface area contributed by atoms with Crippen LogP contribution >= 0.6 is 0 Å². The fourth-order valence-corrected chi connectivity index (χ4v) is 2.69. The summed E-state index contributed by atoms with van der Waals surface area (Å²) in [5.41, 5.74) is 7.08. The zero-order valence-electron chi connectivity index (χ0n) is 9.88. The summed E-state index contributed by atoms with van der Waals surface area (Å²) < 4.78 is 0. The van der Waals surface area contributed by atoms with E-state index < -0.39 is 0 Å². The molecule has 1 amide bonds. The Morgan fingerprint density at radius 2 is 2.00 bits per heavy atom. The number of hydrogen-bond donors (Lipinski definition) is 1. The molecule has 1 saturated carbocycles. The Hall–Kier alpha value is -1.35. The van der Waals surface area contributed by atoms with Crippen LogP contribution in [0.4, 0.5) is 0 Å². The van der Waals surface area contributed by atoms with Crippen LogP contribution < -0.4 is 5.73 Å². The van der Waals surface area contributed by atoms with Crippen LogP contribution in [0.5, 0.6) is 0 Å². The van der Waals surface area contributed by atoms with Crippen LogP contribution in [0.3, 0.4) is 0 Å². The maximum absolute atomic E-state index is 12.0. The number of benzene rings is 1. The molecular weight excluding hydrogens is 212 g/mol. The average molecular weight is 230 g/mol. The Morgan fingerprint density at radius 1 is 1.29 bits per heavy atom. The van der Waals surface area contributed by atoms with Crippen molar-refractivity contribution in [1.82, 2.24) is 4.90 Å². The van der Waals surface area contributed by atoms with Gasteiger partial charge in [0.25, 0.3) is 0 Å². The molecule has 17 heavy (non-hydrogen) atoms. The third kappa shape index (κ3) is 2.07. The van der Waals surface area contributed by atoms with Crippen molar-refractivity contribution in [2.75, 3.05) is 13.1 Å². The molecule has 2 aliphatic rings. The second-order valence-corrected chi connectivity index (χ2v) is 5.19. The third-order valence-electron chi connectivity index (χ3n) is 3.93. The quantitative estimate of drug-likeness (QED) is 0.833. The maximum Gasteiger partial charge on any atom is 0.227 e. The van der Waals surface area contributed by atoms with E-state index >= 15 is 0 Å². The number of carbonyl (C=O) groups is 1. The lowest BCUT2D eigenvalue weighted by atomic mass is 9.99. The Kier molecular flexibility index (Phi) is 2.63. The molecule has 3 heteroatoms. The monoisotopic (exact) mass is 230 g/mol. The maximum atomic E-state index is 12.0. The number of nitrogens with zero attached hydrogens (tertiary/aromatic N) is 1. The molecule has 1 aliphatic carbocycles. The number of carbonyl (C=O) groups excluding carboxylic acids is 1. The molecule has 90 valence electrons. The molecule has 0 bridgehead atoms. The van der Waals surface area contributed by atoms with E-state index in [0.717, 1.165) is 25.9 Å². The predicted octanol–water partition coefficient (Wildman–Crippen LogP) is 1.35. The number of nitrogens with two attached hydrogens (primary N) is 1. The molecule has 1 aliphatic heterocycles. The zero-order valence-corrected chi connectivity index (χ0v) is 9.88. The molecule has 3 rings (SSSR count). The van der Waals surface area contributed by atoms with Gasteiger partial charge in [0.05, 0.1) is 5.92 Å². The van der Waals surface area contributed by atoms with E-state index in [2.05, 4.69) is 24.3 Å². The van der Waals surface area contributed by atoms with Gasteiger partial charge >= 0.3 is 0 Å². The Bertz CT molecular complexity index is 417. The molecule has 1 aromatic carbocycles. The molecule has 1 saturated heterocycles. The summed E-state index contributed by atoms with van der Waals surface area (Å²) in [7, 11) is 0. The molecule has 3 atom stereocenters. The summed E-state index contributed by atoms with van der Waals surface area (Å²) in [6.45, 7) is 1.76. The van der Waals surface area contributed by atoms with Crippen molar-refractivity contribution < 1.29 is 4.79 Å². The largest absolute Gasteiger partial charge is 0.342 e. The minimum atomic E-state index is 0.115. The lowest BCUT2D eigenvalue weighted by molar-refractivity contribution is -0.131. The predicted molar refractivity (Wildman–Crippen MR) is 66.5 cm³/mol. The van der Waals surface area contributed by atoms with E-state index in [1.54, 1.807) is 0 Å². The minimum absolute atomic E-state index is 0.115. The molecule has 2 fully saturated rings. The first-order valence-corrected chi connectivity index (χ1v) is 6.35. The highest BCUT2D eigenvalue weighted by Crippen LogP contribution is 2.34. The summed E-state index contributed by atoms with van der Waals surface area (Å²) in [5.74, 6) is 0.899. The van der Waals surface area contributed by atoms with Crippen LogP contribution in [-0.2, 0) is 4.79 Å². The molecule has 0 aromatic heterocycles. The first kappa shape index (κ1) is 10.8. The molecule has 0 spiro atoms. The summed E-state index contributed by atoms with van der Waals surface area (Å²) in [6, 6.07) is 10.6. The van der Waals surface area contributed by atoms with Gasteiger partial charge in [-0.2, -0.15) is 0 Å². The zero-order chi connectivity index (χ0) is 11.8. The first-order chi connectivity index (χ1) is 8.25. The molecule has 3 nitrogen and oxygen atoms in total. The van der Waals surface area contributed by atoms with E-state index in [9.17, 15) is 4.79 Å². The first-order valence-electron chi connectivity index (χ1n) is 6.35. The van der Waals surface area contributed by atoms with Crippen LogP contribution in [0.1, 0.15) is 24.3 Å². The highest BCUT2D eigenvalue weighted by atomic mass is 16.2. The smallest absolute Gasteiger partial charge is 0.227 e. The van der Waals surface area contributed by atoms with E-state index in [0.29, 0.717) is 5.92 Å². The molecule has 0 radical (unpaired) electrons. The molecular formula is C14H18N2O. The minimum Gasteiger partial charge on any atom is -0.342 e. The van der Waals surface area contributed by atoms with Crippen LogP contribution in [0.25, 0.3) is 0 Å². The SMILES string of the molecule is NC1CC1C(=O)N1CCC(c2ccccc2)C1. The van der Waals surface area contributed by atoms with Crippen LogP contribution in [0.15, 0.2) is 30.3 Å². The van der Waals surface area contributed by atoms with E-state index in [1.807, 2.05) is 11.0 Å². The van der Waals surface area contributed by atoms with Crippen molar-refractivity contribution in [3.05, 3.63) is 35.9 Å². The van der Waals surface area contributed by atoms with E-state index in [4.69, 9.17) is 5.73 Å². The van der Waals surface area contributed by atoms with Crippen molar-refractivity contribution in [3.63, 3.8) is 0 Å². The van der Waals surface area contributed by atoms with Gasteiger partial charge in [-0.05, 0) is 18.4 Å². The summed E-state index contributed by atoms with van der Waals surface area (Å²) in [5, 5.41) is 0. The fraction of sp³-hybridized carbons (Fsp3) is 0.500. The van der Waals surface area contributed by atoms with Crippen molar-refractivity contribution in [2.45, 2.75) is 24.8 Å².